The van der Waals surface area contributed by atoms with E-state index in [2.05, 4.69) is 4.98 Å². The van der Waals surface area contributed by atoms with Gasteiger partial charge in [-0.1, -0.05) is 0 Å². The molecular formula is C16H27BN2O4. The number of carbonyl (C=O) groups excluding carboxylic acids is 1. The first-order valence-corrected chi connectivity index (χ1v) is 7.90. The highest BCUT2D eigenvalue weighted by atomic mass is 16.7. The number of aromatic nitrogens is 2. The van der Waals surface area contributed by atoms with Crippen molar-refractivity contribution >= 4 is 18.8 Å². The van der Waals surface area contributed by atoms with Crippen LogP contribution in [0.4, 0.5) is 4.79 Å². The lowest BCUT2D eigenvalue weighted by Gasteiger charge is -2.32. The molecule has 0 unspecified atom stereocenters. The van der Waals surface area contributed by atoms with Gasteiger partial charge in [-0.2, -0.15) is 0 Å². The van der Waals surface area contributed by atoms with E-state index in [1.165, 1.54) is 4.57 Å². The lowest BCUT2D eigenvalue weighted by Crippen LogP contribution is -2.41. The van der Waals surface area contributed by atoms with Crippen LogP contribution in [0.3, 0.4) is 0 Å². The Morgan fingerprint density at radius 2 is 1.61 bits per heavy atom. The zero-order valence-electron chi connectivity index (χ0n) is 15.6. The van der Waals surface area contributed by atoms with Gasteiger partial charge in [-0.3, -0.25) is 0 Å². The number of carbonyl (C=O) groups is 1. The van der Waals surface area contributed by atoms with E-state index < -0.39 is 30.0 Å². The molecule has 0 saturated carbocycles. The molecule has 0 aromatic carbocycles. The molecular weight excluding hydrogens is 295 g/mol. The van der Waals surface area contributed by atoms with Crippen molar-refractivity contribution in [1.82, 2.24) is 9.55 Å². The predicted molar refractivity (Wildman–Crippen MR) is 89.0 cm³/mol. The second kappa shape index (κ2) is 5.35. The molecule has 6 nitrogen and oxygen atoms in total. The lowest BCUT2D eigenvalue weighted by atomic mass is 9.83. The highest BCUT2D eigenvalue weighted by Crippen LogP contribution is 2.36. The van der Waals surface area contributed by atoms with Gasteiger partial charge < -0.3 is 14.0 Å². The Bertz CT molecular complexity index is 613. The number of ether oxygens (including phenoxy) is 1. The van der Waals surface area contributed by atoms with Crippen LogP contribution >= 0.6 is 0 Å². The molecule has 1 aromatic rings. The Morgan fingerprint density at radius 3 is 2.04 bits per heavy atom. The van der Waals surface area contributed by atoms with Gasteiger partial charge in [-0.25, -0.2) is 14.3 Å². The quantitative estimate of drug-likeness (QED) is 0.744. The fourth-order valence-electron chi connectivity index (χ4n) is 2.42. The number of nitrogens with zero attached hydrogens (tertiary/aromatic N) is 2. The Kier molecular flexibility index (Phi) is 4.19. The Morgan fingerprint density at radius 1 is 1.13 bits per heavy atom. The summed E-state index contributed by atoms with van der Waals surface area (Å²) >= 11 is 0. The van der Waals surface area contributed by atoms with Crippen molar-refractivity contribution in [3.05, 3.63) is 11.5 Å². The summed E-state index contributed by atoms with van der Waals surface area (Å²) in [7, 11) is -0.595. The fourth-order valence-corrected chi connectivity index (χ4v) is 2.42. The smallest absolute Gasteiger partial charge is 0.443 e. The SMILES string of the molecule is Cc1nc(B2OC(C)(C)C(C)(C)O2)c(C)n1C(=O)OC(C)(C)C. The zero-order valence-corrected chi connectivity index (χ0v) is 15.6. The van der Waals surface area contributed by atoms with Gasteiger partial charge in [-0.05, 0) is 62.3 Å². The van der Waals surface area contributed by atoms with Crippen LogP contribution in [0.15, 0.2) is 0 Å². The predicted octanol–water partition coefficient (Wildman–Crippen LogP) is 2.58. The minimum absolute atomic E-state index is 0.442. The zero-order chi connectivity index (χ0) is 17.8. The summed E-state index contributed by atoms with van der Waals surface area (Å²) in [5.41, 5.74) is -0.172. The fraction of sp³-hybridized carbons (Fsp3) is 0.750. The molecule has 0 amide bonds. The number of hydrogen-bond acceptors (Lipinski definition) is 5. The molecule has 1 aliphatic heterocycles. The lowest BCUT2D eigenvalue weighted by molar-refractivity contribution is 0.00578. The molecule has 0 atom stereocenters. The maximum atomic E-state index is 12.4. The average molecular weight is 322 g/mol. The van der Waals surface area contributed by atoms with Crippen LogP contribution in [0, 0.1) is 13.8 Å². The molecule has 0 aliphatic carbocycles. The van der Waals surface area contributed by atoms with E-state index in [-0.39, 0.29) is 0 Å². The highest BCUT2D eigenvalue weighted by Gasteiger charge is 2.53. The molecule has 128 valence electrons. The topological polar surface area (TPSA) is 62.6 Å². The van der Waals surface area contributed by atoms with Gasteiger partial charge in [0.05, 0.1) is 16.8 Å². The van der Waals surface area contributed by atoms with E-state index in [0.29, 0.717) is 17.1 Å². The third-order valence-electron chi connectivity index (χ3n) is 4.36. The minimum atomic E-state index is -0.595. The first-order chi connectivity index (χ1) is 10.3. The van der Waals surface area contributed by atoms with Gasteiger partial charge in [0.15, 0.2) is 0 Å². The minimum Gasteiger partial charge on any atom is -0.443 e. The van der Waals surface area contributed by atoms with Crippen molar-refractivity contribution < 1.29 is 18.8 Å². The maximum absolute atomic E-state index is 12.4. The summed E-state index contributed by atoms with van der Waals surface area (Å²) in [5.74, 6) is 0.557. The number of rotatable bonds is 1. The molecule has 0 N–H and O–H groups in total. The Labute approximate surface area is 138 Å². The monoisotopic (exact) mass is 322 g/mol. The number of hydrogen-bond donors (Lipinski definition) is 0. The summed E-state index contributed by atoms with van der Waals surface area (Å²) in [6.07, 6.45) is -0.442. The van der Waals surface area contributed by atoms with Crippen molar-refractivity contribution in [2.75, 3.05) is 0 Å². The molecule has 1 fully saturated rings. The van der Waals surface area contributed by atoms with Crippen molar-refractivity contribution in [1.29, 1.82) is 0 Å². The molecule has 7 heteroatoms. The molecule has 0 spiro atoms. The van der Waals surface area contributed by atoms with Crippen LogP contribution in [0.1, 0.15) is 60.0 Å². The van der Waals surface area contributed by atoms with Crippen LogP contribution in [0.5, 0.6) is 0 Å². The third-order valence-corrected chi connectivity index (χ3v) is 4.36. The van der Waals surface area contributed by atoms with Crippen LogP contribution in [0.2, 0.25) is 0 Å². The third kappa shape index (κ3) is 3.31. The van der Waals surface area contributed by atoms with Gasteiger partial charge in [-0.15, -0.1) is 0 Å². The molecule has 0 bridgehead atoms. The maximum Gasteiger partial charge on any atom is 0.516 e. The summed E-state index contributed by atoms with van der Waals surface area (Å²) in [6.45, 7) is 17.0. The van der Waals surface area contributed by atoms with Gasteiger partial charge >= 0.3 is 13.2 Å². The van der Waals surface area contributed by atoms with E-state index in [9.17, 15) is 4.79 Å². The van der Waals surface area contributed by atoms with Crippen LogP contribution < -0.4 is 5.59 Å². The molecule has 0 radical (unpaired) electrons. The molecule has 1 aliphatic rings. The van der Waals surface area contributed by atoms with Crippen molar-refractivity contribution in [2.45, 2.75) is 79.1 Å². The van der Waals surface area contributed by atoms with E-state index in [4.69, 9.17) is 14.0 Å². The first-order valence-electron chi connectivity index (χ1n) is 7.90. The summed E-state index contributed by atoms with van der Waals surface area (Å²) < 4.78 is 19.0. The molecule has 2 rings (SSSR count). The van der Waals surface area contributed by atoms with Crippen molar-refractivity contribution in [3.63, 3.8) is 0 Å². The van der Waals surface area contributed by atoms with E-state index >= 15 is 0 Å². The first kappa shape index (κ1) is 18.0. The standard InChI is InChI=1S/C16H27BN2O4/c1-10-12(17-22-15(6,7)16(8,9)23-17)18-11(2)19(10)13(20)21-14(3,4)5/h1-9H3. The Balaban J connectivity index is 2.34. The second-order valence-electron chi connectivity index (χ2n) is 8.03. The van der Waals surface area contributed by atoms with E-state index in [1.54, 1.807) is 6.92 Å². The number of imidazole rings is 1. The molecule has 1 saturated heterocycles. The Hall–Kier alpha value is -1.34. The van der Waals surface area contributed by atoms with E-state index in [0.717, 1.165) is 0 Å². The summed E-state index contributed by atoms with van der Waals surface area (Å²) in [6, 6.07) is 0. The number of aryl methyl sites for hydroxylation is 1. The molecule has 1 aromatic heterocycles. The normalized spacial score (nSPS) is 20.0. The average Bonchev–Trinajstić information content (AvgIpc) is 2.71. The summed E-state index contributed by atoms with van der Waals surface area (Å²) in [4.78, 5) is 16.9. The van der Waals surface area contributed by atoms with Gasteiger partial charge in [0.25, 0.3) is 0 Å². The van der Waals surface area contributed by atoms with E-state index in [1.807, 2.05) is 55.4 Å². The van der Waals surface area contributed by atoms with Crippen LogP contribution in [-0.2, 0) is 14.0 Å². The highest BCUT2D eigenvalue weighted by molar-refractivity contribution is 6.61. The van der Waals surface area contributed by atoms with Gasteiger partial charge in [0.1, 0.15) is 11.4 Å². The van der Waals surface area contributed by atoms with Crippen molar-refractivity contribution in [3.8, 4) is 0 Å². The summed E-state index contributed by atoms with van der Waals surface area (Å²) in [5, 5.41) is 0. The second-order valence-corrected chi connectivity index (χ2v) is 8.03. The van der Waals surface area contributed by atoms with Crippen molar-refractivity contribution in [2.24, 2.45) is 0 Å². The van der Waals surface area contributed by atoms with Crippen LogP contribution in [-0.4, -0.2) is 39.6 Å². The largest absolute Gasteiger partial charge is 0.516 e. The van der Waals surface area contributed by atoms with Crippen LogP contribution in [0.25, 0.3) is 0 Å². The molecule has 2 heterocycles. The molecule has 23 heavy (non-hydrogen) atoms. The van der Waals surface area contributed by atoms with Gasteiger partial charge in [0.2, 0.25) is 0 Å². The van der Waals surface area contributed by atoms with Gasteiger partial charge in [0, 0.05) is 5.69 Å².